The highest BCUT2D eigenvalue weighted by Gasteiger charge is 2.19. The number of esters is 3. The third-order valence-corrected chi connectivity index (χ3v) is 12.4. The highest BCUT2D eigenvalue weighted by atomic mass is 16.6. The first kappa shape index (κ1) is 65.6. The van der Waals surface area contributed by atoms with Crippen molar-refractivity contribution in [1.29, 1.82) is 0 Å². The van der Waals surface area contributed by atoms with Crippen molar-refractivity contribution in [3.63, 3.8) is 0 Å². The van der Waals surface area contributed by atoms with Gasteiger partial charge < -0.3 is 14.2 Å². The van der Waals surface area contributed by atoms with E-state index in [0.29, 0.717) is 19.3 Å². The van der Waals surface area contributed by atoms with Gasteiger partial charge in [-0.15, -0.1) is 0 Å². The molecule has 0 spiro atoms. The minimum atomic E-state index is -0.795. The zero-order valence-corrected chi connectivity index (χ0v) is 45.3. The Balaban J connectivity index is 4.23. The maximum Gasteiger partial charge on any atom is 0.306 e. The molecule has 1 unspecified atom stereocenters. The Morgan fingerprint density at radius 2 is 0.565 bits per heavy atom. The standard InChI is InChI=1S/C63H108O6/c1-4-7-10-13-16-18-20-22-24-26-28-30-32-34-35-37-39-41-43-45-47-50-53-56-62(65)68-59-60(58-67-61(64)55-52-49-15-12-9-6-3)69-63(66)57-54-51-48-46-44-42-40-38-36-33-31-29-27-25-23-21-19-17-14-11-8-5-2/h7,10,16,18,22,24,28,30,34-35,39,41,45,47,60H,4-6,8-9,11-15,17,19-21,23,25-27,29,31-33,36-38,40,42-44,46,48-59H2,1-3H3/b10-7-,18-16-,24-22-,30-28-,35-34-,41-39-,47-45-. The van der Waals surface area contributed by atoms with Gasteiger partial charge in [-0.25, -0.2) is 0 Å². The summed E-state index contributed by atoms with van der Waals surface area (Å²) in [5, 5.41) is 0. The number of unbranched alkanes of at least 4 members (excludes halogenated alkanes) is 27. The summed E-state index contributed by atoms with van der Waals surface area (Å²) in [5.41, 5.74) is 0. The summed E-state index contributed by atoms with van der Waals surface area (Å²) in [6, 6.07) is 0. The number of carbonyl (C=O) groups excluding carboxylic acids is 3. The second-order valence-corrected chi connectivity index (χ2v) is 19.2. The molecule has 6 heteroatoms. The van der Waals surface area contributed by atoms with Crippen LogP contribution in [-0.2, 0) is 28.6 Å². The van der Waals surface area contributed by atoms with Gasteiger partial charge in [0.2, 0.25) is 0 Å². The van der Waals surface area contributed by atoms with Gasteiger partial charge in [0.1, 0.15) is 13.2 Å². The zero-order chi connectivity index (χ0) is 50.0. The van der Waals surface area contributed by atoms with Gasteiger partial charge in [-0.3, -0.25) is 14.4 Å². The van der Waals surface area contributed by atoms with E-state index in [1.54, 1.807) is 0 Å². The molecule has 396 valence electrons. The fraction of sp³-hybridized carbons (Fsp3) is 0.730. The van der Waals surface area contributed by atoms with Gasteiger partial charge in [0, 0.05) is 19.3 Å². The summed E-state index contributed by atoms with van der Waals surface area (Å²) in [4.78, 5) is 37.9. The van der Waals surface area contributed by atoms with Gasteiger partial charge in [0.15, 0.2) is 6.10 Å². The van der Waals surface area contributed by atoms with Gasteiger partial charge in [0.25, 0.3) is 0 Å². The predicted octanol–water partition coefficient (Wildman–Crippen LogP) is 19.5. The lowest BCUT2D eigenvalue weighted by atomic mass is 10.0. The molecule has 0 aliphatic carbocycles. The van der Waals surface area contributed by atoms with Crippen LogP contribution in [0.5, 0.6) is 0 Å². The van der Waals surface area contributed by atoms with Crippen molar-refractivity contribution >= 4 is 17.9 Å². The molecule has 69 heavy (non-hydrogen) atoms. The summed E-state index contributed by atoms with van der Waals surface area (Å²) in [6.45, 7) is 6.44. The molecular formula is C63H108O6. The zero-order valence-electron chi connectivity index (χ0n) is 45.3. The molecule has 0 N–H and O–H groups in total. The normalized spacial score (nSPS) is 12.7. The molecule has 1 atom stereocenters. The molecular weight excluding hydrogens is 853 g/mol. The molecule has 0 rings (SSSR count). The number of allylic oxidation sites excluding steroid dienone is 14. The van der Waals surface area contributed by atoms with Crippen LogP contribution in [0.25, 0.3) is 0 Å². The number of carbonyl (C=O) groups is 3. The smallest absolute Gasteiger partial charge is 0.306 e. The van der Waals surface area contributed by atoms with E-state index in [9.17, 15) is 14.4 Å². The molecule has 0 bridgehead atoms. The lowest BCUT2D eigenvalue weighted by Crippen LogP contribution is -2.30. The highest BCUT2D eigenvalue weighted by Crippen LogP contribution is 2.16. The van der Waals surface area contributed by atoms with Crippen molar-refractivity contribution in [3.8, 4) is 0 Å². The van der Waals surface area contributed by atoms with Crippen molar-refractivity contribution in [2.75, 3.05) is 13.2 Å². The van der Waals surface area contributed by atoms with Crippen LogP contribution in [0.1, 0.15) is 278 Å². The minimum Gasteiger partial charge on any atom is -0.462 e. The fourth-order valence-corrected chi connectivity index (χ4v) is 8.08. The van der Waals surface area contributed by atoms with Crippen LogP contribution >= 0.6 is 0 Å². The van der Waals surface area contributed by atoms with Crippen LogP contribution in [0, 0.1) is 0 Å². The maximum atomic E-state index is 12.8. The number of rotatable bonds is 52. The summed E-state index contributed by atoms with van der Waals surface area (Å²) in [5.74, 6) is -0.958. The van der Waals surface area contributed by atoms with E-state index in [4.69, 9.17) is 14.2 Å². The van der Waals surface area contributed by atoms with Crippen molar-refractivity contribution in [2.24, 2.45) is 0 Å². The van der Waals surface area contributed by atoms with Crippen LogP contribution in [0.4, 0.5) is 0 Å². The maximum absolute atomic E-state index is 12.8. The van der Waals surface area contributed by atoms with E-state index >= 15 is 0 Å². The lowest BCUT2D eigenvalue weighted by Gasteiger charge is -2.18. The van der Waals surface area contributed by atoms with Crippen LogP contribution in [0.15, 0.2) is 85.1 Å². The van der Waals surface area contributed by atoms with Gasteiger partial charge in [0.05, 0.1) is 0 Å². The second-order valence-electron chi connectivity index (χ2n) is 19.2. The molecule has 0 aromatic heterocycles. The van der Waals surface area contributed by atoms with Crippen LogP contribution < -0.4 is 0 Å². The molecule has 0 heterocycles. The lowest BCUT2D eigenvalue weighted by molar-refractivity contribution is -0.167. The number of hydrogen-bond donors (Lipinski definition) is 0. The average Bonchev–Trinajstić information content (AvgIpc) is 3.35. The molecule has 0 saturated carbocycles. The molecule has 0 amide bonds. The minimum absolute atomic E-state index is 0.0929. The van der Waals surface area contributed by atoms with E-state index in [1.165, 1.54) is 141 Å². The van der Waals surface area contributed by atoms with E-state index in [0.717, 1.165) is 89.9 Å². The summed E-state index contributed by atoms with van der Waals surface area (Å²) in [6.07, 6.45) is 74.8. The Labute approximate surface area is 426 Å². The first-order valence-corrected chi connectivity index (χ1v) is 29.1. The Morgan fingerprint density at radius 1 is 0.304 bits per heavy atom. The second kappa shape index (κ2) is 57.2. The Morgan fingerprint density at radius 3 is 0.884 bits per heavy atom. The Bertz CT molecular complexity index is 1330. The fourth-order valence-electron chi connectivity index (χ4n) is 8.08. The van der Waals surface area contributed by atoms with Crippen LogP contribution in [0.3, 0.4) is 0 Å². The quantitative estimate of drug-likeness (QED) is 0.0262. The highest BCUT2D eigenvalue weighted by molar-refractivity contribution is 5.71. The molecule has 6 nitrogen and oxygen atoms in total. The van der Waals surface area contributed by atoms with Crippen molar-refractivity contribution in [1.82, 2.24) is 0 Å². The van der Waals surface area contributed by atoms with Gasteiger partial charge in [-0.1, -0.05) is 273 Å². The van der Waals surface area contributed by atoms with Crippen molar-refractivity contribution in [3.05, 3.63) is 85.1 Å². The largest absolute Gasteiger partial charge is 0.462 e. The number of ether oxygens (including phenoxy) is 3. The van der Waals surface area contributed by atoms with Gasteiger partial charge in [-0.05, 0) is 70.6 Å². The average molecular weight is 962 g/mol. The summed E-state index contributed by atoms with van der Waals surface area (Å²) >= 11 is 0. The molecule has 0 aliphatic heterocycles. The molecule has 0 aromatic carbocycles. The van der Waals surface area contributed by atoms with E-state index in [1.807, 2.05) is 0 Å². The molecule has 0 aliphatic rings. The third-order valence-electron chi connectivity index (χ3n) is 12.4. The first-order valence-electron chi connectivity index (χ1n) is 29.1. The molecule has 0 fully saturated rings. The van der Waals surface area contributed by atoms with Crippen LogP contribution in [0.2, 0.25) is 0 Å². The molecule has 0 aromatic rings. The third kappa shape index (κ3) is 55.4. The van der Waals surface area contributed by atoms with E-state index in [2.05, 4.69) is 106 Å². The monoisotopic (exact) mass is 961 g/mol. The number of hydrogen-bond acceptors (Lipinski definition) is 6. The van der Waals surface area contributed by atoms with E-state index in [-0.39, 0.29) is 37.5 Å². The summed E-state index contributed by atoms with van der Waals surface area (Å²) < 4.78 is 16.7. The molecule has 0 saturated heterocycles. The topological polar surface area (TPSA) is 78.9 Å². The SMILES string of the molecule is CC/C=C\C/C=C\C/C=C\C/C=C\C/C=C\C/C=C\C/C=C\CCCC(=O)OCC(COC(=O)CCCCCCCC)OC(=O)CCCCCCCCCCCCCCCCCCCCCCCC. The van der Waals surface area contributed by atoms with E-state index < -0.39 is 6.10 Å². The first-order chi connectivity index (χ1) is 34.0. The predicted molar refractivity (Wildman–Crippen MR) is 297 cm³/mol. The Hall–Kier alpha value is -3.41. The van der Waals surface area contributed by atoms with Crippen molar-refractivity contribution in [2.45, 2.75) is 284 Å². The summed E-state index contributed by atoms with van der Waals surface area (Å²) in [7, 11) is 0. The van der Waals surface area contributed by atoms with Crippen molar-refractivity contribution < 1.29 is 28.6 Å². The molecule has 0 radical (unpaired) electrons. The van der Waals surface area contributed by atoms with Gasteiger partial charge in [-0.2, -0.15) is 0 Å². The Kier molecular flexibility index (Phi) is 54.3. The van der Waals surface area contributed by atoms with Crippen LogP contribution in [-0.4, -0.2) is 37.2 Å². The van der Waals surface area contributed by atoms with Gasteiger partial charge >= 0.3 is 17.9 Å².